The molecule has 0 unspecified atom stereocenters. The van der Waals surface area contributed by atoms with Crippen molar-refractivity contribution >= 4 is 11.3 Å². The van der Waals surface area contributed by atoms with Crippen LogP contribution in [0.2, 0.25) is 0 Å². The zero-order valence-corrected chi connectivity index (χ0v) is 11.0. The maximum Gasteiger partial charge on any atom is 0.151 e. The molecule has 3 rings (SSSR count). The van der Waals surface area contributed by atoms with E-state index in [1.807, 2.05) is 24.3 Å². The second-order valence-electron chi connectivity index (χ2n) is 4.36. The number of benzene rings is 1. The monoisotopic (exact) mass is 261 g/mol. The van der Waals surface area contributed by atoms with Crippen LogP contribution < -0.4 is 10.1 Å². The second-order valence-corrected chi connectivity index (χ2v) is 5.42. The summed E-state index contributed by atoms with van der Waals surface area (Å²) in [6.45, 7) is 0.817. The third-order valence-electron chi connectivity index (χ3n) is 2.92. The van der Waals surface area contributed by atoms with Crippen molar-refractivity contribution in [2.45, 2.75) is 25.4 Å². The quantitative estimate of drug-likeness (QED) is 0.898. The van der Waals surface area contributed by atoms with Gasteiger partial charge in [0.25, 0.3) is 0 Å². The van der Waals surface area contributed by atoms with Crippen molar-refractivity contribution in [3.05, 3.63) is 29.3 Å². The third kappa shape index (κ3) is 2.52. The van der Waals surface area contributed by atoms with Crippen molar-refractivity contribution < 1.29 is 4.74 Å². The third-order valence-corrected chi connectivity index (χ3v) is 3.88. The molecule has 0 aliphatic heterocycles. The maximum absolute atomic E-state index is 5.34. The highest BCUT2D eigenvalue weighted by Crippen LogP contribution is 2.31. The summed E-state index contributed by atoms with van der Waals surface area (Å²) in [5.74, 6) is 0.843. The van der Waals surface area contributed by atoms with E-state index in [1.54, 1.807) is 18.4 Å². The molecule has 1 aliphatic rings. The lowest BCUT2D eigenvalue weighted by molar-refractivity contribution is 0.416. The lowest BCUT2D eigenvalue weighted by Crippen LogP contribution is -2.14. The van der Waals surface area contributed by atoms with Gasteiger partial charge < -0.3 is 10.1 Å². The van der Waals surface area contributed by atoms with Crippen LogP contribution in [-0.2, 0) is 6.54 Å². The minimum Gasteiger partial charge on any atom is -0.496 e. The Bertz CT molecular complexity index is 537. The van der Waals surface area contributed by atoms with Crippen LogP contribution in [-0.4, -0.2) is 23.3 Å². The molecule has 1 N–H and O–H groups in total. The van der Waals surface area contributed by atoms with E-state index in [9.17, 15) is 0 Å². The van der Waals surface area contributed by atoms with Gasteiger partial charge in [-0.05, 0) is 25.0 Å². The Morgan fingerprint density at radius 1 is 1.33 bits per heavy atom. The summed E-state index contributed by atoms with van der Waals surface area (Å²) in [5, 5.41) is 13.9. The van der Waals surface area contributed by atoms with E-state index in [2.05, 4.69) is 15.5 Å². The molecule has 0 saturated heterocycles. The Labute approximate surface area is 110 Å². The van der Waals surface area contributed by atoms with Gasteiger partial charge in [0.2, 0.25) is 0 Å². The molecule has 4 nitrogen and oxygen atoms in total. The Kier molecular flexibility index (Phi) is 3.25. The Morgan fingerprint density at radius 3 is 2.94 bits per heavy atom. The fourth-order valence-corrected chi connectivity index (χ4v) is 2.59. The molecule has 5 heteroatoms. The Balaban J connectivity index is 1.78. The van der Waals surface area contributed by atoms with Crippen LogP contribution in [0, 0.1) is 0 Å². The van der Waals surface area contributed by atoms with E-state index >= 15 is 0 Å². The average molecular weight is 261 g/mol. The van der Waals surface area contributed by atoms with Gasteiger partial charge in [-0.2, -0.15) is 0 Å². The zero-order chi connectivity index (χ0) is 12.4. The van der Waals surface area contributed by atoms with Crippen molar-refractivity contribution in [3.63, 3.8) is 0 Å². The average Bonchev–Trinajstić information content (AvgIpc) is 3.13. The normalized spacial score (nSPS) is 14.7. The van der Waals surface area contributed by atoms with Crippen molar-refractivity contribution in [1.82, 2.24) is 15.5 Å². The maximum atomic E-state index is 5.34. The zero-order valence-electron chi connectivity index (χ0n) is 10.2. The SMILES string of the molecule is COc1ccccc1-c1nnc(CNC2CC2)s1. The molecule has 0 bridgehead atoms. The number of nitrogens with one attached hydrogen (secondary N) is 1. The molecule has 18 heavy (non-hydrogen) atoms. The molecule has 1 fully saturated rings. The number of nitrogens with zero attached hydrogens (tertiary/aromatic N) is 2. The molecule has 0 amide bonds. The van der Waals surface area contributed by atoms with Crippen molar-refractivity contribution in [2.24, 2.45) is 0 Å². The van der Waals surface area contributed by atoms with E-state index in [1.165, 1.54) is 12.8 Å². The van der Waals surface area contributed by atoms with Crippen LogP contribution in [0.5, 0.6) is 5.75 Å². The standard InChI is InChI=1S/C13H15N3OS/c1-17-11-5-3-2-4-10(11)13-16-15-12(18-13)8-14-9-6-7-9/h2-5,9,14H,6-8H2,1H3. The van der Waals surface area contributed by atoms with Crippen LogP contribution in [0.3, 0.4) is 0 Å². The smallest absolute Gasteiger partial charge is 0.151 e. The molecule has 0 spiro atoms. The first kappa shape index (κ1) is 11.6. The van der Waals surface area contributed by atoms with Gasteiger partial charge in [0.1, 0.15) is 10.8 Å². The van der Waals surface area contributed by atoms with Crippen molar-refractivity contribution in [1.29, 1.82) is 0 Å². The summed E-state index contributed by atoms with van der Waals surface area (Å²) in [5.41, 5.74) is 1.01. The van der Waals surface area contributed by atoms with E-state index in [0.717, 1.165) is 27.9 Å². The van der Waals surface area contributed by atoms with E-state index in [-0.39, 0.29) is 0 Å². The van der Waals surface area contributed by atoms with Crippen LogP contribution >= 0.6 is 11.3 Å². The molecule has 1 heterocycles. The first-order chi connectivity index (χ1) is 8.86. The van der Waals surface area contributed by atoms with Gasteiger partial charge in [-0.3, -0.25) is 0 Å². The van der Waals surface area contributed by atoms with Gasteiger partial charge in [0, 0.05) is 12.6 Å². The van der Waals surface area contributed by atoms with Gasteiger partial charge in [-0.1, -0.05) is 23.5 Å². The minimum absolute atomic E-state index is 0.698. The van der Waals surface area contributed by atoms with Gasteiger partial charge >= 0.3 is 0 Å². The fourth-order valence-electron chi connectivity index (χ4n) is 1.77. The van der Waals surface area contributed by atoms with E-state index < -0.39 is 0 Å². The summed E-state index contributed by atoms with van der Waals surface area (Å²) in [7, 11) is 1.68. The number of para-hydroxylation sites is 1. The lowest BCUT2D eigenvalue weighted by Gasteiger charge is -2.03. The van der Waals surface area contributed by atoms with Crippen LogP contribution in [0.25, 0.3) is 10.6 Å². The molecule has 0 radical (unpaired) electrons. The summed E-state index contributed by atoms with van der Waals surface area (Å²) in [4.78, 5) is 0. The first-order valence-electron chi connectivity index (χ1n) is 6.06. The highest BCUT2D eigenvalue weighted by molar-refractivity contribution is 7.14. The van der Waals surface area contributed by atoms with Gasteiger partial charge in [0.15, 0.2) is 5.01 Å². The first-order valence-corrected chi connectivity index (χ1v) is 6.87. The fraction of sp³-hybridized carbons (Fsp3) is 0.385. The predicted octanol–water partition coefficient (Wildman–Crippen LogP) is 2.47. The highest BCUT2D eigenvalue weighted by atomic mass is 32.1. The number of methoxy groups -OCH3 is 1. The summed E-state index contributed by atoms with van der Waals surface area (Å²) in [6.07, 6.45) is 2.58. The molecule has 1 aliphatic carbocycles. The lowest BCUT2D eigenvalue weighted by atomic mass is 10.2. The molecule has 1 saturated carbocycles. The molecule has 2 aromatic rings. The van der Waals surface area contributed by atoms with E-state index in [0.29, 0.717) is 6.04 Å². The summed E-state index contributed by atoms with van der Waals surface area (Å²) >= 11 is 1.62. The van der Waals surface area contributed by atoms with Gasteiger partial charge in [0.05, 0.1) is 12.7 Å². The topological polar surface area (TPSA) is 47.0 Å². The molecule has 0 atom stereocenters. The number of aromatic nitrogens is 2. The Morgan fingerprint density at radius 2 is 2.17 bits per heavy atom. The van der Waals surface area contributed by atoms with Crippen LogP contribution in [0.1, 0.15) is 17.8 Å². The number of hydrogen-bond acceptors (Lipinski definition) is 5. The van der Waals surface area contributed by atoms with E-state index in [4.69, 9.17) is 4.74 Å². The molecule has 1 aromatic carbocycles. The van der Waals surface area contributed by atoms with Crippen molar-refractivity contribution in [3.8, 4) is 16.3 Å². The number of rotatable bonds is 5. The summed E-state index contributed by atoms with van der Waals surface area (Å²) in [6, 6.07) is 8.60. The van der Waals surface area contributed by atoms with Crippen molar-refractivity contribution in [2.75, 3.05) is 7.11 Å². The highest BCUT2D eigenvalue weighted by Gasteiger charge is 2.21. The second kappa shape index (κ2) is 5.04. The largest absolute Gasteiger partial charge is 0.496 e. The summed E-state index contributed by atoms with van der Waals surface area (Å²) < 4.78 is 5.34. The van der Waals surface area contributed by atoms with Gasteiger partial charge in [-0.15, -0.1) is 10.2 Å². The number of hydrogen-bond donors (Lipinski definition) is 1. The predicted molar refractivity (Wildman–Crippen MR) is 71.8 cm³/mol. The molecule has 94 valence electrons. The van der Waals surface area contributed by atoms with Crippen LogP contribution in [0.4, 0.5) is 0 Å². The number of ether oxygens (including phenoxy) is 1. The van der Waals surface area contributed by atoms with Gasteiger partial charge in [-0.25, -0.2) is 0 Å². The molecular formula is C13H15N3OS. The minimum atomic E-state index is 0.698. The molecule has 1 aromatic heterocycles. The van der Waals surface area contributed by atoms with Crippen LogP contribution in [0.15, 0.2) is 24.3 Å². The molecular weight excluding hydrogens is 246 g/mol. The Hall–Kier alpha value is -1.46.